The standard InChI is InChI=1S/C19H28N2O2S/c22-19(20-12-14-24(23)18-9-5-2-6-10-18)16-11-13-21(15-16)17-7-3-1-4-8-17/h2,5-6,9-10,16-17H,1,3-4,7-8,11-15H2,(H,20,22)/t16-,24-/m1/s1. The monoisotopic (exact) mass is 348 g/mol. The number of likely N-dealkylation sites (tertiary alicyclic amines) is 1. The number of hydrogen-bond acceptors (Lipinski definition) is 3. The number of nitrogens with zero attached hydrogens (tertiary/aromatic N) is 1. The molecule has 0 aromatic heterocycles. The Kier molecular flexibility index (Phi) is 6.44. The zero-order valence-corrected chi connectivity index (χ0v) is 15.1. The molecule has 5 heteroatoms. The summed E-state index contributed by atoms with van der Waals surface area (Å²) in [6, 6.07) is 10.1. The van der Waals surface area contributed by atoms with Crippen molar-refractivity contribution in [2.75, 3.05) is 25.4 Å². The lowest BCUT2D eigenvalue weighted by Crippen LogP contribution is -2.38. The largest absolute Gasteiger partial charge is 0.355 e. The van der Waals surface area contributed by atoms with Crippen molar-refractivity contribution in [3.63, 3.8) is 0 Å². The minimum absolute atomic E-state index is 0.108. The van der Waals surface area contributed by atoms with Gasteiger partial charge in [0.05, 0.1) is 16.7 Å². The molecule has 0 unspecified atom stereocenters. The number of carbonyl (C=O) groups is 1. The van der Waals surface area contributed by atoms with Gasteiger partial charge in [-0.2, -0.15) is 0 Å². The van der Waals surface area contributed by atoms with Gasteiger partial charge in [0.2, 0.25) is 5.91 Å². The fourth-order valence-corrected chi connectivity index (χ4v) is 4.86. The van der Waals surface area contributed by atoms with Crippen LogP contribution in [0.25, 0.3) is 0 Å². The predicted octanol–water partition coefficient (Wildman–Crippen LogP) is 2.57. The van der Waals surface area contributed by atoms with Crippen LogP contribution in [0.5, 0.6) is 0 Å². The molecule has 1 aliphatic heterocycles. The highest BCUT2D eigenvalue weighted by Gasteiger charge is 2.32. The van der Waals surface area contributed by atoms with Crippen LogP contribution in [0.3, 0.4) is 0 Å². The molecule has 24 heavy (non-hydrogen) atoms. The summed E-state index contributed by atoms with van der Waals surface area (Å²) < 4.78 is 12.2. The van der Waals surface area contributed by atoms with Crippen molar-refractivity contribution in [3.05, 3.63) is 30.3 Å². The molecule has 1 aromatic carbocycles. The van der Waals surface area contributed by atoms with Crippen molar-refractivity contribution in [2.45, 2.75) is 49.5 Å². The molecule has 2 atom stereocenters. The maximum atomic E-state index is 12.4. The zero-order valence-electron chi connectivity index (χ0n) is 14.3. The van der Waals surface area contributed by atoms with Crippen LogP contribution in [-0.4, -0.2) is 46.4 Å². The van der Waals surface area contributed by atoms with E-state index in [9.17, 15) is 9.00 Å². The molecule has 1 amide bonds. The quantitative estimate of drug-likeness (QED) is 0.859. The van der Waals surface area contributed by atoms with Crippen molar-refractivity contribution in [1.29, 1.82) is 0 Å². The predicted molar refractivity (Wildman–Crippen MR) is 97.3 cm³/mol. The highest BCUT2D eigenvalue weighted by atomic mass is 32.2. The van der Waals surface area contributed by atoms with Gasteiger partial charge in [-0.05, 0) is 37.9 Å². The molecule has 1 aliphatic carbocycles. The molecule has 1 N–H and O–H groups in total. The maximum Gasteiger partial charge on any atom is 0.224 e. The summed E-state index contributed by atoms with van der Waals surface area (Å²) in [4.78, 5) is 15.7. The van der Waals surface area contributed by atoms with E-state index in [1.165, 1.54) is 32.1 Å². The highest BCUT2D eigenvalue weighted by Crippen LogP contribution is 2.27. The summed E-state index contributed by atoms with van der Waals surface area (Å²) >= 11 is 0. The Balaban J connectivity index is 1.39. The number of hydrogen-bond donors (Lipinski definition) is 1. The molecular formula is C19H28N2O2S. The first-order valence-corrected chi connectivity index (χ1v) is 10.5. The third kappa shape index (κ3) is 4.67. The number of amides is 1. The van der Waals surface area contributed by atoms with Crippen LogP contribution < -0.4 is 5.32 Å². The van der Waals surface area contributed by atoms with Gasteiger partial charge in [0.15, 0.2) is 0 Å². The van der Waals surface area contributed by atoms with E-state index in [-0.39, 0.29) is 11.8 Å². The third-order valence-electron chi connectivity index (χ3n) is 5.27. The number of benzene rings is 1. The van der Waals surface area contributed by atoms with Crippen molar-refractivity contribution in [1.82, 2.24) is 10.2 Å². The van der Waals surface area contributed by atoms with Crippen LogP contribution >= 0.6 is 0 Å². The molecule has 1 saturated heterocycles. The smallest absolute Gasteiger partial charge is 0.224 e. The lowest BCUT2D eigenvalue weighted by Gasteiger charge is -2.30. The normalized spacial score (nSPS) is 23.9. The SMILES string of the molecule is O=C(NCC[S@@](=O)c1ccccc1)[C@@H]1CCN(C2CCCCC2)C1. The van der Waals surface area contributed by atoms with E-state index < -0.39 is 10.8 Å². The van der Waals surface area contributed by atoms with Gasteiger partial charge in [0.25, 0.3) is 0 Å². The molecular weight excluding hydrogens is 320 g/mol. The van der Waals surface area contributed by atoms with E-state index in [4.69, 9.17) is 0 Å². The van der Waals surface area contributed by atoms with Gasteiger partial charge < -0.3 is 5.32 Å². The van der Waals surface area contributed by atoms with Crippen molar-refractivity contribution in [2.24, 2.45) is 5.92 Å². The van der Waals surface area contributed by atoms with Crippen LogP contribution in [0.2, 0.25) is 0 Å². The third-order valence-corrected chi connectivity index (χ3v) is 6.65. The van der Waals surface area contributed by atoms with E-state index in [1.54, 1.807) is 0 Å². The molecule has 2 fully saturated rings. The average molecular weight is 349 g/mol. The molecule has 3 rings (SSSR count). The Morgan fingerprint density at radius 2 is 1.88 bits per heavy atom. The summed E-state index contributed by atoms with van der Waals surface area (Å²) in [5.41, 5.74) is 0. The Labute approximate surface area is 147 Å². The number of carbonyl (C=O) groups excluding carboxylic acids is 1. The van der Waals surface area contributed by atoms with Gasteiger partial charge in [0.1, 0.15) is 0 Å². The Morgan fingerprint density at radius 1 is 1.12 bits per heavy atom. The minimum atomic E-state index is -1.04. The molecule has 4 nitrogen and oxygen atoms in total. The summed E-state index contributed by atoms with van der Waals surface area (Å²) in [6.45, 7) is 2.44. The second-order valence-electron chi connectivity index (χ2n) is 6.93. The van der Waals surface area contributed by atoms with E-state index in [2.05, 4.69) is 10.2 Å². The molecule has 2 aliphatic rings. The first kappa shape index (κ1) is 17.6. The molecule has 132 valence electrons. The zero-order chi connectivity index (χ0) is 16.8. The van der Waals surface area contributed by atoms with E-state index >= 15 is 0 Å². The van der Waals surface area contributed by atoms with Gasteiger partial charge in [-0.1, -0.05) is 37.5 Å². The topological polar surface area (TPSA) is 49.4 Å². The van der Waals surface area contributed by atoms with Gasteiger partial charge in [-0.3, -0.25) is 13.9 Å². The van der Waals surface area contributed by atoms with Crippen LogP contribution in [0.1, 0.15) is 38.5 Å². The first-order valence-electron chi connectivity index (χ1n) is 9.19. The maximum absolute atomic E-state index is 12.4. The Hall–Kier alpha value is -1.20. The first-order chi connectivity index (χ1) is 11.7. The lowest BCUT2D eigenvalue weighted by molar-refractivity contribution is -0.124. The highest BCUT2D eigenvalue weighted by molar-refractivity contribution is 7.85. The summed E-state index contributed by atoms with van der Waals surface area (Å²) in [6.07, 6.45) is 7.60. The van der Waals surface area contributed by atoms with Gasteiger partial charge in [0, 0.05) is 29.8 Å². The van der Waals surface area contributed by atoms with Gasteiger partial charge in [-0.15, -0.1) is 0 Å². The van der Waals surface area contributed by atoms with Gasteiger partial charge >= 0.3 is 0 Å². The number of nitrogens with one attached hydrogen (secondary N) is 1. The fraction of sp³-hybridized carbons (Fsp3) is 0.632. The molecule has 0 bridgehead atoms. The summed E-state index contributed by atoms with van der Waals surface area (Å²) in [5.74, 6) is 0.727. The molecule has 0 radical (unpaired) electrons. The molecule has 0 spiro atoms. The van der Waals surface area contributed by atoms with Gasteiger partial charge in [-0.25, -0.2) is 0 Å². The average Bonchev–Trinajstić information content (AvgIpc) is 3.13. The number of rotatable bonds is 6. The van der Waals surface area contributed by atoms with E-state index in [1.807, 2.05) is 30.3 Å². The van der Waals surface area contributed by atoms with Crippen LogP contribution in [0, 0.1) is 5.92 Å². The fourth-order valence-electron chi connectivity index (χ4n) is 3.88. The summed E-state index contributed by atoms with van der Waals surface area (Å²) in [7, 11) is -1.04. The molecule has 1 heterocycles. The van der Waals surface area contributed by atoms with Crippen molar-refractivity contribution >= 4 is 16.7 Å². The second-order valence-corrected chi connectivity index (χ2v) is 8.50. The van der Waals surface area contributed by atoms with E-state index in [0.29, 0.717) is 18.3 Å². The lowest BCUT2D eigenvalue weighted by atomic mass is 9.94. The minimum Gasteiger partial charge on any atom is -0.355 e. The van der Waals surface area contributed by atoms with Crippen molar-refractivity contribution < 1.29 is 9.00 Å². The van der Waals surface area contributed by atoms with Crippen LogP contribution in [0.4, 0.5) is 0 Å². The van der Waals surface area contributed by atoms with Crippen LogP contribution in [0.15, 0.2) is 35.2 Å². The second kappa shape index (κ2) is 8.77. The summed E-state index contributed by atoms with van der Waals surface area (Å²) in [5, 5.41) is 2.99. The Bertz CT molecular complexity index is 558. The molecule has 1 aromatic rings. The van der Waals surface area contributed by atoms with E-state index in [0.717, 1.165) is 24.4 Å². The Morgan fingerprint density at radius 3 is 2.62 bits per heavy atom. The van der Waals surface area contributed by atoms with Crippen LogP contribution in [-0.2, 0) is 15.6 Å². The molecule has 1 saturated carbocycles. The van der Waals surface area contributed by atoms with Crippen molar-refractivity contribution in [3.8, 4) is 0 Å².